The Morgan fingerprint density at radius 3 is 2.86 bits per heavy atom. The van der Waals surface area contributed by atoms with E-state index in [1.54, 1.807) is 6.20 Å². The van der Waals surface area contributed by atoms with E-state index in [1.807, 2.05) is 41.5 Å². The van der Waals surface area contributed by atoms with Gasteiger partial charge in [-0.25, -0.2) is 9.67 Å². The molecule has 9 heteroatoms. The third kappa shape index (κ3) is 2.94. The van der Waals surface area contributed by atoms with Crippen LogP contribution in [0.3, 0.4) is 0 Å². The highest BCUT2D eigenvalue weighted by molar-refractivity contribution is 5.97. The quantitative estimate of drug-likeness (QED) is 0.551. The first-order valence-corrected chi connectivity index (χ1v) is 10.0. The minimum atomic E-state index is 0.549. The molecule has 0 amide bonds. The summed E-state index contributed by atoms with van der Waals surface area (Å²) in [4.78, 5) is 6.87. The van der Waals surface area contributed by atoms with Gasteiger partial charge in [0.05, 0.1) is 23.6 Å². The normalized spacial score (nSPS) is 19.7. The summed E-state index contributed by atoms with van der Waals surface area (Å²) in [5, 5.41) is 25.2. The van der Waals surface area contributed by atoms with Gasteiger partial charge in [-0.2, -0.15) is 10.2 Å². The third-order valence-electron chi connectivity index (χ3n) is 5.85. The van der Waals surface area contributed by atoms with Crippen LogP contribution >= 0.6 is 0 Å². The van der Waals surface area contributed by atoms with Crippen LogP contribution in [0.1, 0.15) is 12.8 Å². The predicted octanol–water partition coefficient (Wildman–Crippen LogP) is 1.79. The number of piperazine rings is 1. The maximum atomic E-state index is 4.63. The van der Waals surface area contributed by atoms with E-state index in [0.29, 0.717) is 12.0 Å². The van der Waals surface area contributed by atoms with Gasteiger partial charge < -0.3 is 10.2 Å². The van der Waals surface area contributed by atoms with Crippen molar-refractivity contribution < 1.29 is 0 Å². The average molecular weight is 387 g/mol. The number of benzene rings is 1. The summed E-state index contributed by atoms with van der Waals surface area (Å²) in [7, 11) is 0. The average Bonchev–Trinajstić information content (AvgIpc) is 3.26. The highest BCUT2D eigenvalue weighted by atomic mass is 15.3. The molecule has 1 saturated heterocycles. The van der Waals surface area contributed by atoms with Gasteiger partial charge >= 0.3 is 0 Å². The van der Waals surface area contributed by atoms with Crippen molar-refractivity contribution in [2.75, 3.05) is 24.5 Å². The molecule has 0 radical (unpaired) electrons. The summed E-state index contributed by atoms with van der Waals surface area (Å²) in [6, 6.07) is 6.48. The van der Waals surface area contributed by atoms with Crippen molar-refractivity contribution in [2.24, 2.45) is 5.92 Å². The smallest absolute Gasteiger partial charge is 0.245 e. The fraction of sp³-hybridized carbons (Fsp3) is 0.350. The Bertz CT molecular complexity index is 1130. The Hall–Kier alpha value is -3.33. The second-order valence-electron chi connectivity index (χ2n) is 7.73. The molecule has 2 fully saturated rings. The van der Waals surface area contributed by atoms with Gasteiger partial charge in [0.2, 0.25) is 5.95 Å². The van der Waals surface area contributed by atoms with Gasteiger partial charge in [-0.05, 0) is 37.0 Å². The Labute approximate surface area is 167 Å². The van der Waals surface area contributed by atoms with E-state index < -0.39 is 0 Å². The molecule has 1 aliphatic heterocycles. The maximum Gasteiger partial charge on any atom is 0.245 e. The second-order valence-corrected chi connectivity index (χ2v) is 7.73. The van der Waals surface area contributed by atoms with Crippen molar-refractivity contribution >= 4 is 16.9 Å². The van der Waals surface area contributed by atoms with E-state index >= 15 is 0 Å². The highest BCUT2D eigenvalue weighted by Gasteiger charge is 2.34. The van der Waals surface area contributed by atoms with Gasteiger partial charge in [-0.1, -0.05) is 0 Å². The molecule has 1 aromatic carbocycles. The molecule has 0 bridgehead atoms. The van der Waals surface area contributed by atoms with Crippen LogP contribution in [-0.4, -0.2) is 60.8 Å². The van der Waals surface area contributed by atoms with E-state index in [-0.39, 0.29) is 0 Å². The van der Waals surface area contributed by atoms with Crippen molar-refractivity contribution in [3.63, 3.8) is 0 Å². The van der Waals surface area contributed by atoms with E-state index in [4.69, 9.17) is 0 Å². The van der Waals surface area contributed by atoms with Gasteiger partial charge in [0.25, 0.3) is 0 Å². The molecule has 146 valence electrons. The van der Waals surface area contributed by atoms with Crippen LogP contribution in [0.2, 0.25) is 0 Å². The fourth-order valence-electron chi connectivity index (χ4n) is 4.16. The first kappa shape index (κ1) is 16.6. The topological polar surface area (TPSA) is 100 Å². The zero-order valence-corrected chi connectivity index (χ0v) is 15.9. The number of H-pyrrole nitrogens is 1. The Balaban J connectivity index is 1.31. The summed E-state index contributed by atoms with van der Waals surface area (Å²) in [5.74, 6) is 1.52. The summed E-state index contributed by atoms with van der Waals surface area (Å²) < 4.78 is 1.82. The van der Waals surface area contributed by atoms with Crippen molar-refractivity contribution in [3.05, 3.63) is 43.0 Å². The lowest BCUT2D eigenvalue weighted by molar-refractivity contribution is 0.414. The SMILES string of the molecule is c1cnn(-c2ccc(-c3cnc(N4CCNC(C5CC5)C4)nn3)c3cn[nH]c23)c1. The lowest BCUT2D eigenvalue weighted by Crippen LogP contribution is -2.52. The van der Waals surface area contributed by atoms with Crippen LogP contribution in [0.15, 0.2) is 43.0 Å². The lowest BCUT2D eigenvalue weighted by atomic mass is 10.1. The molecule has 2 aliphatic rings. The molecular formula is C20H21N9. The van der Waals surface area contributed by atoms with Crippen molar-refractivity contribution in [1.29, 1.82) is 0 Å². The number of anilines is 1. The molecule has 0 spiro atoms. The number of nitrogens with one attached hydrogen (secondary N) is 2. The van der Waals surface area contributed by atoms with E-state index in [0.717, 1.165) is 53.4 Å². The molecule has 2 N–H and O–H groups in total. The van der Waals surface area contributed by atoms with Crippen LogP contribution in [0.4, 0.5) is 5.95 Å². The Kier molecular flexibility index (Phi) is 3.80. The largest absolute Gasteiger partial charge is 0.337 e. The van der Waals surface area contributed by atoms with E-state index in [2.05, 4.69) is 40.7 Å². The molecule has 29 heavy (non-hydrogen) atoms. The molecule has 1 saturated carbocycles. The number of aromatic amines is 1. The Morgan fingerprint density at radius 2 is 2.07 bits per heavy atom. The molecule has 6 rings (SSSR count). The minimum Gasteiger partial charge on any atom is -0.337 e. The molecule has 1 aliphatic carbocycles. The van der Waals surface area contributed by atoms with Crippen molar-refractivity contribution in [1.82, 2.24) is 40.5 Å². The van der Waals surface area contributed by atoms with Gasteiger partial charge in [0.1, 0.15) is 5.69 Å². The monoisotopic (exact) mass is 387 g/mol. The number of aromatic nitrogens is 7. The van der Waals surface area contributed by atoms with Gasteiger partial charge in [0, 0.05) is 49.0 Å². The van der Waals surface area contributed by atoms with Crippen LogP contribution in [0.5, 0.6) is 0 Å². The molecular weight excluding hydrogens is 366 g/mol. The second kappa shape index (κ2) is 6.63. The molecule has 1 atom stereocenters. The van der Waals surface area contributed by atoms with Crippen LogP contribution < -0.4 is 10.2 Å². The molecule has 3 aromatic heterocycles. The zero-order chi connectivity index (χ0) is 19.2. The van der Waals surface area contributed by atoms with Crippen LogP contribution in [0.25, 0.3) is 27.8 Å². The van der Waals surface area contributed by atoms with Gasteiger partial charge in [-0.15, -0.1) is 10.2 Å². The van der Waals surface area contributed by atoms with Crippen LogP contribution in [-0.2, 0) is 0 Å². The minimum absolute atomic E-state index is 0.549. The predicted molar refractivity (Wildman–Crippen MR) is 109 cm³/mol. The summed E-state index contributed by atoms with van der Waals surface area (Å²) in [6.45, 7) is 2.84. The third-order valence-corrected chi connectivity index (χ3v) is 5.85. The van der Waals surface area contributed by atoms with Gasteiger partial charge in [0.15, 0.2) is 0 Å². The summed E-state index contributed by atoms with van der Waals surface area (Å²) in [6.07, 6.45) is 9.95. The summed E-state index contributed by atoms with van der Waals surface area (Å²) in [5.41, 5.74) is 3.54. The van der Waals surface area contributed by atoms with Crippen molar-refractivity contribution in [2.45, 2.75) is 18.9 Å². The first-order valence-electron chi connectivity index (χ1n) is 10.0. The molecule has 4 heterocycles. The number of fused-ring (bicyclic) bond motifs is 1. The number of nitrogens with zero attached hydrogens (tertiary/aromatic N) is 7. The zero-order valence-electron chi connectivity index (χ0n) is 15.9. The van der Waals surface area contributed by atoms with E-state index in [1.165, 1.54) is 12.8 Å². The molecule has 4 aromatic rings. The number of hydrogen-bond acceptors (Lipinski definition) is 7. The molecule has 9 nitrogen and oxygen atoms in total. The number of hydrogen-bond donors (Lipinski definition) is 2. The lowest BCUT2D eigenvalue weighted by Gasteiger charge is -2.33. The summed E-state index contributed by atoms with van der Waals surface area (Å²) >= 11 is 0. The maximum absolute atomic E-state index is 4.63. The first-order chi connectivity index (χ1) is 14.4. The molecule has 1 unspecified atom stereocenters. The van der Waals surface area contributed by atoms with Crippen LogP contribution in [0, 0.1) is 5.92 Å². The highest BCUT2D eigenvalue weighted by Crippen LogP contribution is 2.34. The standard InChI is InChI=1S/C20H21N9/c1-6-24-29(8-1)18-5-4-14(15-10-23-26-19(15)18)16-11-22-20(27-25-16)28-9-7-21-17(12-28)13-2-3-13/h1,4-6,8,10-11,13,17,21H,2-3,7,9,12H2,(H,23,26). The van der Waals surface area contributed by atoms with E-state index in [9.17, 15) is 0 Å². The van der Waals surface area contributed by atoms with Gasteiger partial charge in [-0.3, -0.25) is 5.10 Å². The number of rotatable bonds is 4. The fourth-order valence-corrected chi connectivity index (χ4v) is 4.16. The Morgan fingerprint density at radius 1 is 1.10 bits per heavy atom. The van der Waals surface area contributed by atoms with Crippen molar-refractivity contribution in [3.8, 4) is 16.9 Å².